The van der Waals surface area contributed by atoms with E-state index in [2.05, 4.69) is 25.6 Å². The molecule has 1 saturated heterocycles. The van der Waals surface area contributed by atoms with Gasteiger partial charge in [-0.2, -0.15) is 0 Å². The minimum Gasteiger partial charge on any atom is -0.508 e. The molecule has 0 aliphatic carbocycles. The van der Waals surface area contributed by atoms with Crippen LogP contribution in [0.1, 0.15) is 36.9 Å². The number of aliphatic carboxylic acids is 1. The van der Waals surface area contributed by atoms with Crippen molar-refractivity contribution in [3.8, 4) is 5.75 Å². The average molecular weight is 572 g/mol. The van der Waals surface area contributed by atoms with Crippen LogP contribution < -0.4 is 27.8 Å². The van der Waals surface area contributed by atoms with E-state index >= 15 is 0 Å². The zero-order chi connectivity index (χ0) is 29.9. The van der Waals surface area contributed by atoms with Gasteiger partial charge in [0, 0.05) is 37.8 Å². The summed E-state index contributed by atoms with van der Waals surface area (Å²) in [5.41, 5.74) is 18.0. The molecule has 1 aromatic carbocycles. The standard InChI is InChI=1S/C26H37N9O6/c27-18(12-16-13-30-14-32-16)22(37)34-20(11-15-5-7-17(36)8-6-15)24(39)35-10-2-4-21(35)23(38)33-19(25(40)41)3-1-9-31-26(28)29/h5-8,13-14,18-21,36H,1-4,9-12,27H2,(H,30,32)(H,33,38)(H,34,37)(H,40,41)(H4,28,29,31). The predicted molar refractivity (Wildman–Crippen MR) is 148 cm³/mol. The van der Waals surface area contributed by atoms with Crippen LogP contribution in [0.2, 0.25) is 0 Å². The highest BCUT2D eigenvalue weighted by atomic mass is 16.4. The molecule has 41 heavy (non-hydrogen) atoms. The van der Waals surface area contributed by atoms with Crippen molar-refractivity contribution in [2.45, 2.75) is 62.7 Å². The van der Waals surface area contributed by atoms with Gasteiger partial charge in [-0.05, 0) is 43.4 Å². The number of carbonyl (C=O) groups excluding carboxylic acids is 3. The summed E-state index contributed by atoms with van der Waals surface area (Å²) in [5, 5.41) is 24.5. The minimum atomic E-state index is -1.22. The van der Waals surface area contributed by atoms with Crippen LogP contribution in [0.3, 0.4) is 0 Å². The maximum absolute atomic E-state index is 13.8. The molecule has 0 bridgehead atoms. The van der Waals surface area contributed by atoms with Gasteiger partial charge in [-0.1, -0.05) is 12.1 Å². The molecule has 1 aliphatic rings. The number of guanidine groups is 1. The van der Waals surface area contributed by atoms with Crippen LogP contribution in [0.15, 0.2) is 41.8 Å². The third-order valence-electron chi connectivity index (χ3n) is 6.72. The summed E-state index contributed by atoms with van der Waals surface area (Å²) in [4.78, 5) is 63.7. The van der Waals surface area contributed by atoms with Gasteiger partial charge in [-0.25, -0.2) is 9.78 Å². The van der Waals surface area contributed by atoms with Gasteiger partial charge >= 0.3 is 5.97 Å². The molecular weight excluding hydrogens is 534 g/mol. The van der Waals surface area contributed by atoms with Crippen molar-refractivity contribution < 1.29 is 29.4 Å². The number of amides is 3. The van der Waals surface area contributed by atoms with E-state index < -0.39 is 47.9 Å². The molecule has 2 aromatic rings. The number of benzene rings is 1. The summed E-state index contributed by atoms with van der Waals surface area (Å²) in [5.74, 6) is -2.96. The second-order valence-electron chi connectivity index (χ2n) is 9.86. The lowest BCUT2D eigenvalue weighted by atomic mass is 10.0. The molecule has 4 unspecified atom stereocenters. The molecule has 0 spiro atoms. The maximum atomic E-state index is 13.8. The highest BCUT2D eigenvalue weighted by Crippen LogP contribution is 2.21. The third-order valence-corrected chi connectivity index (χ3v) is 6.72. The lowest BCUT2D eigenvalue weighted by Gasteiger charge is -2.30. The molecule has 0 radical (unpaired) electrons. The van der Waals surface area contributed by atoms with Crippen molar-refractivity contribution in [3.63, 3.8) is 0 Å². The Balaban J connectivity index is 1.72. The number of imidazole rings is 1. The second-order valence-corrected chi connectivity index (χ2v) is 9.86. The molecule has 222 valence electrons. The van der Waals surface area contributed by atoms with Crippen molar-refractivity contribution in [2.75, 3.05) is 13.1 Å². The number of carbonyl (C=O) groups is 4. The average Bonchev–Trinajstić information content (AvgIpc) is 3.63. The van der Waals surface area contributed by atoms with E-state index in [1.54, 1.807) is 18.3 Å². The van der Waals surface area contributed by atoms with Gasteiger partial charge in [0.05, 0.1) is 12.4 Å². The number of aromatic amines is 1. The fourth-order valence-electron chi connectivity index (χ4n) is 4.60. The number of nitrogens with one attached hydrogen (secondary N) is 3. The Bertz CT molecular complexity index is 1210. The van der Waals surface area contributed by atoms with E-state index in [1.807, 2.05) is 0 Å². The largest absolute Gasteiger partial charge is 0.508 e. The summed E-state index contributed by atoms with van der Waals surface area (Å²) < 4.78 is 0. The molecule has 15 heteroatoms. The van der Waals surface area contributed by atoms with Crippen LogP contribution in [-0.4, -0.2) is 92.0 Å². The van der Waals surface area contributed by atoms with Crippen molar-refractivity contribution in [3.05, 3.63) is 48.0 Å². The molecular formula is C26H37N9O6. The van der Waals surface area contributed by atoms with Crippen molar-refractivity contribution in [2.24, 2.45) is 22.2 Å². The van der Waals surface area contributed by atoms with Crippen LogP contribution in [0.5, 0.6) is 5.75 Å². The van der Waals surface area contributed by atoms with E-state index in [4.69, 9.17) is 17.2 Å². The Kier molecular flexibility index (Phi) is 11.0. The third kappa shape index (κ3) is 9.20. The Labute approximate surface area is 236 Å². The number of aromatic hydroxyl groups is 1. The molecule has 11 N–H and O–H groups in total. The molecule has 1 aromatic heterocycles. The van der Waals surface area contributed by atoms with Gasteiger partial charge in [0.25, 0.3) is 0 Å². The predicted octanol–water partition coefficient (Wildman–Crippen LogP) is -1.67. The van der Waals surface area contributed by atoms with Crippen LogP contribution in [0.4, 0.5) is 0 Å². The van der Waals surface area contributed by atoms with Crippen molar-refractivity contribution in [1.82, 2.24) is 25.5 Å². The maximum Gasteiger partial charge on any atom is 0.326 e. The van der Waals surface area contributed by atoms with E-state index in [1.165, 1.54) is 23.4 Å². The summed E-state index contributed by atoms with van der Waals surface area (Å²) in [6.07, 6.45) is 4.52. The first-order valence-corrected chi connectivity index (χ1v) is 13.2. The molecule has 0 saturated carbocycles. The zero-order valence-corrected chi connectivity index (χ0v) is 22.5. The summed E-state index contributed by atoms with van der Waals surface area (Å²) >= 11 is 0. The number of nitrogens with zero attached hydrogens (tertiary/aromatic N) is 3. The van der Waals surface area contributed by atoms with Crippen LogP contribution >= 0.6 is 0 Å². The van der Waals surface area contributed by atoms with Crippen molar-refractivity contribution in [1.29, 1.82) is 0 Å². The van der Waals surface area contributed by atoms with E-state index in [0.29, 0.717) is 30.5 Å². The first kappa shape index (κ1) is 30.9. The quantitative estimate of drug-likeness (QED) is 0.0726. The molecule has 2 heterocycles. The Morgan fingerprint density at radius 3 is 2.49 bits per heavy atom. The van der Waals surface area contributed by atoms with Gasteiger partial charge in [0.15, 0.2) is 5.96 Å². The van der Waals surface area contributed by atoms with E-state index in [0.717, 1.165) is 0 Å². The smallest absolute Gasteiger partial charge is 0.326 e. The van der Waals surface area contributed by atoms with Gasteiger partial charge < -0.3 is 47.9 Å². The first-order valence-electron chi connectivity index (χ1n) is 13.2. The second kappa shape index (κ2) is 14.6. The monoisotopic (exact) mass is 571 g/mol. The molecule has 3 rings (SSSR count). The van der Waals surface area contributed by atoms with Gasteiger partial charge in [0.1, 0.15) is 23.9 Å². The zero-order valence-electron chi connectivity index (χ0n) is 22.5. The molecule has 15 nitrogen and oxygen atoms in total. The Morgan fingerprint density at radius 1 is 1.12 bits per heavy atom. The topological polar surface area (TPSA) is 255 Å². The number of hydrogen-bond donors (Lipinski definition) is 8. The van der Waals surface area contributed by atoms with Gasteiger partial charge in [-0.15, -0.1) is 0 Å². The number of carboxylic acids is 1. The minimum absolute atomic E-state index is 0.0461. The highest BCUT2D eigenvalue weighted by Gasteiger charge is 2.39. The van der Waals surface area contributed by atoms with Crippen LogP contribution in [0, 0.1) is 0 Å². The fraction of sp³-hybridized carbons (Fsp3) is 0.462. The highest BCUT2D eigenvalue weighted by molar-refractivity contribution is 5.94. The Hall–Kier alpha value is -4.66. The number of rotatable bonds is 14. The Morgan fingerprint density at radius 2 is 1.85 bits per heavy atom. The van der Waals surface area contributed by atoms with Gasteiger partial charge in [-0.3, -0.25) is 19.4 Å². The number of likely N-dealkylation sites (tertiary alicyclic amines) is 1. The van der Waals surface area contributed by atoms with Crippen LogP contribution in [-0.2, 0) is 32.0 Å². The van der Waals surface area contributed by atoms with E-state index in [9.17, 15) is 29.4 Å². The lowest BCUT2D eigenvalue weighted by Crippen LogP contribution is -2.57. The lowest BCUT2D eigenvalue weighted by molar-refractivity contribution is -0.145. The normalized spacial score (nSPS) is 16.8. The van der Waals surface area contributed by atoms with Crippen LogP contribution in [0.25, 0.3) is 0 Å². The number of aliphatic imine (C=N–C) groups is 1. The van der Waals surface area contributed by atoms with Crippen molar-refractivity contribution >= 4 is 29.7 Å². The number of phenols is 1. The molecule has 1 aliphatic heterocycles. The molecule has 3 amide bonds. The number of carboxylic acid groups (broad SMARTS) is 1. The summed E-state index contributed by atoms with van der Waals surface area (Å²) in [6, 6.07) is 2.03. The number of nitrogens with two attached hydrogens (primary N) is 3. The molecule has 4 atom stereocenters. The summed E-state index contributed by atoms with van der Waals surface area (Å²) in [6.45, 7) is 0.457. The fourth-order valence-corrected chi connectivity index (χ4v) is 4.60. The number of phenolic OH excluding ortho intramolecular Hbond substituents is 1. The number of hydrogen-bond acceptors (Lipinski definition) is 8. The van der Waals surface area contributed by atoms with Gasteiger partial charge in [0.2, 0.25) is 17.7 Å². The number of H-pyrrole nitrogens is 1. The SMILES string of the molecule is NC(N)=NCCCC(NC(=O)C1CCCN1C(=O)C(Cc1ccc(O)cc1)NC(=O)C(N)Cc1cnc[nH]1)C(=O)O. The van der Waals surface area contributed by atoms with E-state index in [-0.39, 0.29) is 44.1 Å². The first-order chi connectivity index (χ1) is 19.5. The number of aromatic nitrogens is 2. The molecule has 1 fully saturated rings. The summed E-state index contributed by atoms with van der Waals surface area (Å²) in [7, 11) is 0.